The summed E-state index contributed by atoms with van der Waals surface area (Å²) >= 11 is 0. The summed E-state index contributed by atoms with van der Waals surface area (Å²) in [7, 11) is 0. The minimum absolute atomic E-state index is 0.0494. The van der Waals surface area contributed by atoms with Gasteiger partial charge < -0.3 is 18.9 Å². The summed E-state index contributed by atoms with van der Waals surface area (Å²) in [4.78, 5) is 1.99. The van der Waals surface area contributed by atoms with Crippen LogP contribution in [0.1, 0.15) is 19.4 Å². The molecule has 4 rings (SSSR count). The molecule has 0 saturated carbocycles. The summed E-state index contributed by atoms with van der Waals surface area (Å²) in [6.07, 6.45) is 0.0988. The smallest absolute Gasteiger partial charge is 0.262 e. The summed E-state index contributed by atoms with van der Waals surface area (Å²) in [5.41, 5.74) is 1.64. The number of morpholine rings is 1. The third-order valence-electron chi connectivity index (χ3n) is 4.51. The Labute approximate surface area is 151 Å². The molecule has 0 unspecified atom stereocenters. The van der Waals surface area contributed by atoms with Gasteiger partial charge in [0.05, 0.1) is 23.3 Å². The van der Waals surface area contributed by atoms with E-state index in [0.29, 0.717) is 36.6 Å². The highest BCUT2D eigenvalue weighted by molar-refractivity contribution is 5.86. The molecule has 1 aliphatic rings. The van der Waals surface area contributed by atoms with Crippen LogP contribution in [-0.4, -0.2) is 30.5 Å². The first-order valence-corrected chi connectivity index (χ1v) is 8.77. The molecule has 2 heterocycles. The maximum absolute atomic E-state index is 15.0. The Morgan fingerprint density at radius 3 is 2.58 bits per heavy atom. The predicted molar refractivity (Wildman–Crippen MR) is 97.0 cm³/mol. The summed E-state index contributed by atoms with van der Waals surface area (Å²) in [5.74, 6) is -0.108. The van der Waals surface area contributed by atoms with Crippen molar-refractivity contribution in [3.8, 4) is 5.88 Å². The lowest BCUT2D eigenvalue weighted by Crippen LogP contribution is -2.45. The van der Waals surface area contributed by atoms with Gasteiger partial charge in [-0.25, -0.2) is 4.39 Å². The second-order valence-corrected chi connectivity index (χ2v) is 6.70. The van der Waals surface area contributed by atoms with Gasteiger partial charge in [-0.3, -0.25) is 0 Å². The van der Waals surface area contributed by atoms with Crippen LogP contribution >= 0.6 is 0 Å². The van der Waals surface area contributed by atoms with Gasteiger partial charge in [-0.2, -0.15) is 0 Å². The maximum atomic E-state index is 15.0. The fourth-order valence-electron chi connectivity index (χ4n) is 3.39. The van der Waals surface area contributed by atoms with Crippen LogP contribution in [0.3, 0.4) is 0 Å². The number of nitrogens with zero attached hydrogens (tertiary/aromatic N) is 2. The molecule has 1 saturated heterocycles. The standard InChI is InChI=1S/C20H21FN2O3/c1-13-10-23(11-14(2)25-13)17-9-8-16-19(18(17)21)26-22-20(16)24-12-15-6-4-3-5-7-15/h3-9,13-14H,10-12H2,1-2H3/t13-,14+. The van der Waals surface area contributed by atoms with E-state index in [-0.39, 0.29) is 17.8 Å². The van der Waals surface area contributed by atoms with E-state index in [1.165, 1.54) is 0 Å². The van der Waals surface area contributed by atoms with E-state index in [1.807, 2.05) is 49.1 Å². The highest BCUT2D eigenvalue weighted by Crippen LogP contribution is 2.34. The van der Waals surface area contributed by atoms with Gasteiger partial charge in [-0.15, -0.1) is 0 Å². The molecular weight excluding hydrogens is 335 g/mol. The quantitative estimate of drug-likeness (QED) is 0.702. The van der Waals surface area contributed by atoms with E-state index in [2.05, 4.69) is 5.16 Å². The van der Waals surface area contributed by atoms with Gasteiger partial charge in [0.1, 0.15) is 6.61 Å². The zero-order valence-corrected chi connectivity index (χ0v) is 14.8. The molecule has 0 radical (unpaired) electrons. The number of hydrogen-bond donors (Lipinski definition) is 0. The summed E-state index contributed by atoms with van der Waals surface area (Å²) < 4.78 is 31.7. The summed E-state index contributed by atoms with van der Waals surface area (Å²) in [5, 5.41) is 4.45. The Kier molecular flexibility index (Phi) is 4.51. The molecule has 0 spiro atoms. The Morgan fingerprint density at radius 1 is 1.12 bits per heavy atom. The third-order valence-corrected chi connectivity index (χ3v) is 4.51. The van der Waals surface area contributed by atoms with E-state index in [0.717, 1.165) is 5.56 Å². The molecule has 5 nitrogen and oxygen atoms in total. The van der Waals surface area contributed by atoms with Crippen LogP contribution in [0.2, 0.25) is 0 Å². The van der Waals surface area contributed by atoms with E-state index in [1.54, 1.807) is 12.1 Å². The molecule has 2 atom stereocenters. The van der Waals surface area contributed by atoms with Crippen molar-refractivity contribution in [2.75, 3.05) is 18.0 Å². The van der Waals surface area contributed by atoms with E-state index < -0.39 is 5.82 Å². The zero-order valence-electron chi connectivity index (χ0n) is 14.8. The molecule has 0 aliphatic carbocycles. The second-order valence-electron chi connectivity index (χ2n) is 6.70. The largest absolute Gasteiger partial charge is 0.470 e. The van der Waals surface area contributed by atoms with Crippen molar-refractivity contribution in [2.45, 2.75) is 32.7 Å². The number of aromatic nitrogens is 1. The summed E-state index contributed by atoms with van der Waals surface area (Å²) in [6.45, 7) is 5.60. The normalized spacial score (nSPS) is 20.5. The van der Waals surface area contributed by atoms with Crippen molar-refractivity contribution >= 4 is 16.7 Å². The van der Waals surface area contributed by atoms with Gasteiger partial charge in [0, 0.05) is 13.1 Å². The number of hydrogen-bond acceptors (Lipinski definition) is 5. The minimum Gasteiger partial charge on any atom is -0.470 e. The highest BCUT2D eigenvalue weighted by Gasteiger charge is 2.26. The van der Waals surface area contributed by atoms with E-state index in [4.69, 9.17) is 14.0 Å². The Morgan fingerprint density at radius 2 is 1.85 bits per heavy atom. The molecule has 2 aromatic carbocycles. The molecule has 1 fully saturated rings. The predicted octanol–water partition coefficient (Wildman–Crippen LogP) is 4.16. The second kappa shape index (κ2) is 6.96. The number of anilines is 1. The number of halogens is 1. The molecule has 6 heteroatoms. The molecule has 3 aromatic rings. The number of benzene rings is 2. The molecule has 1 aromatic heterocycles. The molecule has 0 amide bonds. The fourth-order valence-corrected chi connectivity index (χ4v) is 3.39. The highest BCUT2D eigenvalue weighted by atomic mass is 19.1. The van der Waals surface area contributed by atoms with E-state index >= 15 is 4.39 Å². The minimum atomic E-state index is -0.411. The number of ether oxygens (including phenoxy) is 2. The first-order chi connectivity index (χ1) is 12.6. The first kappa shape index (κ1) is 16.8. The van der Waals surface area contributed by atoms with Gasteiger partial charge in [0.15, 0.2) is 5.82 Å². The monoisotopic (exact) mass is 356 g/mol. The van der Waals surface area contributed by atoms with Crippen molar-refractivity contribution in [1.29, 1.82) is 0 Å². The van der Waals surface area contributed by atoms with Crippen molar-refractivity contribution in [3.63, 3.8) is 0 Å². The van der Waals surface area contributed by atoms with Crippen molar-refractivity contribution in [3.05, 3.63) is 53.8 Å². The molecule has 136 valence electrons. The lowest BCUT2D eigenvalue weighted by Gasteiger charge is -2.36. The van der Waals surface area contributed by atoms with Gasteiger partial charge in [0.2, 0.25) is 5.58 Å². The van der Waals surface area contributed by atoms with Gasteiger partial charge in [-0.05, 0) is 36.7 Å². The van der Waals surface area contributed by atoms with Crippen molar-refractivity contribution in [1.82, 2.24) is 5.16 Å². The molecule has 0 N–H and O–H groups in total. The van der Waals surface area contributed by atoms with Crippen LogP contribution in [0, 0.1) is 5.82 Å². The van der Waals surface area contributed by atoms with Crippen LogP contribution in [0.25, 0.3) is 11.0 Å². The third kappa shape index (κ3) is 3.24. The van der Waals surface area contributed by atoms with Crippen molar-refractivity contribution < 1.29 is 18.4 Å². The van der Waals surface area contributed by atoms with Crippen LogP contribution in [0.15, 0.2) is 47.0 Å². The van der Waals surface area contributed by atoms with Crippen LogP contribution < -0.4 is 9.64 Å². The average molecular weight is 356 g/mol. The lowest BCUT2D eigenvalue weighted by molar-refractivity contribution is -0.00539. The van der Waals surface area contributed by atoms with Gasteiger partial charge in [-0.1, -0.05) is 30.3 Å². The number of rotatable bonds is 4. The first-order valence-electron chi connectivity index (χ1n) is 8.77. The van der Waals surface area contributed by atoms with Crippen LogP contribution in [-0.2, 0) is 11.3 Å². The molecule has 1 aliphatic heterocycles. The van der Waals surface area contributed by atoms with Crippen LogP contribution in [0.4, 0.5) is 10.1 Å². The number of fused-ring (bicyclic) bond motifs is 1. The van der Waals surface area contributed by atoms with Crippen LogP contribution in [0.5, 0.6) is 5.88 Å². The van der Waals surface area contributed by atoms with Gasteiger partial charge in [0.25, 0.3) is 5.88 Å². The van der Waals surface area contributed by atoms with Gasteiger partial charge >= 0.3 is 0 Å². The Balaban J connectivity index is 1.59. The zero-order chi connectivity index (χ0) is 18.1. The molecule has 26 heavy (non-hydrogen) atoms. The lowest BCUT2D eigenvalue weighted by atomic mass is 10.1. The van der Waals surface area contributed by atoms with Crippen molar-refractivity contribution in [2.24, 2.45) is 0 Å². The Bertz CT molecular complexity index is 887. The Hall–Kier alpha value is -2.60. The topological polar surface area (TPSA) is 47.7 Å². The average Bonchev–Trinajstić information content (AvgIpc) is 3.04. The maximum Gasteiger partial charge on any atom is 0.262 e. The molecule has 0 bridgehead atoms. The fraction of sp³-hybridized carbons (Fsp3) is 0.350. The summed E-state index contributed by atoms with van der Waals surface area (Å²) in [6, 6.07) is 13.3. The SMILES string of the molecule is C[C@@H]1CN(c2ccc3c(OCc4ccccc4)noc3c2F)C[C@H](C)O1. The molecular formula is C20H21FN2O3. The van der Waals surface area contributed by atoms with E-state index in [9.17, 15) is 0 Å².